The van der Waals surface area contributed by atoms with E-state index in [0.29, 0.717) is 30.5 Å². The van der Waals surface area contributed by atoms with Gasteiger partial charge in [-0.05, 0) is 32.6 Å². The molecule has 0 spiro atoms. The summed E-state index contributed by atoms with van der Waals surface area (Å²) in [6.07, 6.45) is 3.30. The highest BCUT2D eigenvalue weighted by Gasteiger charge is 2.23. The molecular weight excluding hydrogens is 202 g/mol. The maximum absolute atomic E-state index is 11.8. The van der Waals surface area contributed by atoms with E-state index < -0.39 is 0 Å². The molecule has 0 N–H and O–H groups in total. The number of amides is 1. The molecule has 1 heterocycles. The number of nitrogens with zero attached hydrogens (tertiary/aromatic N) is 1. The molecule has 1 amide bonds. The Bertz CT molecular complexity index is 218. The Kier molecular flexibility index (Phi) is 5.26. The van der Waals surface area contributed by atoms with Crippen LogP contribution in [0.5, 0.6) is 0 Å². The van der Waals surface area contributed by atoms with Crippen molar-refractivity contribution in [2.45, 2.75) is 59.2 Å². The number of hydrogen-bond donors (Lipinski definition) is 0. The van der Waals surface area contributed by atoms with Crippen LogP contribution in [-0.2, 0) is 9.53 Å². The number of piperidine rings is 1. The summed E-state index contributed by atoms with van der Waals surface area (Å²) in [5, 5.41) is 0. The Morgan fingerprint density at radius 2 is 1.81 bits per heavy atom. The fourth-order valence-corrected chi connectivity index (χ4v) is 2.10. The lowest BCUT2D eigenvalue weighted by Crippen LogP contribution is -2.41. The van der Waals surface area contributed by atoms with Crippen molar-refractivity contribution >= 4 is 5.91 Å². The minimum atomic E-state index is 0.294. The highest BCUT2D eigenvalue weighted by molar-refractivity contribution is 5.76. The molecule has 0 bridgehead atoms. The zero-order valence-corrected chi connectivity index (χ0v) is 11.0. The highest BCUT2D eigenvalue weighted by Crippen LogP contribution is 2.17. The minimum Gasteiger partial charge on any atom is -0.375 e. The van der Waals surface area contributed by atoms with Crippen LogP contribution in [0.2, 0.25) is 0 Å². The first-order valence-electron chi connectivity index (χ1n) is 6.42. The van der Waals surface area contributed by atoms with Crippen molar-refractivity contribution in [3.8, 4) is 0 Å². The van der Waals surface area contributed by atoms with E-state index in [1.54, 1.807) is 0 Å². The topological polar surface area (TPSA) is 29.5 Å². The highest BCUT2D eigenvalue weighted by atomic mass is 16.5. The third kappa shape index (κ3) is 4.52. The zero-order chi connectivity index (χ0) is 12.1. The average molecular weight is 227 g/mol. The van der Waals surface area contributed by atoms with Crippen molar-refractivity contribution in [3.63, 3.8) is 0 Å². The fraction of sp³-hybridized carbons (Fsp3) is 0.923. The van der Waals surface area contributed by atoms with Crippen molar-refractivity contribution in [2.24, 2.45) is 5.92 Å². The van der Waals surface area contributed by atoms with Crippen LogP contribution < -0.4 is 0 Å². The van der Waals surface area contributed by atoms with Crippen LogP contribution in [0, 0.1) is 5.92 Å². The molecule has 0 saturated carbocycles. The van der Waals surface area contributed by atoms with Gasteiger partial charge in [0, 0.05) is 19.5 Å². The van der Waals surface area contributed by atoms with Gasteiger partial charge in [-0.25, -0.2) is 0 Å². The molecule has 0 aromatic carbocycles. The van der Waals surface area contributed by atoms with Gasteiger partial charge in [0.05, 0.1) is 12.2 Å². The second kappa shape index (κ2) is 6.24. The van der Waals surface area contributed by atoms with Crippen molar-refractivity contribution in [1.29, 1.82) is 0 Å². The van der Waals surface area contributed by atoms with Gasteiger partial charge in [0.2, 0.25) is 5.91 Å². The maximum atomic E-state index is 11.8. The van der Waals surface area contributed by atoms with Gasteiger partial charge >= 0.3 is 0 Å². The van der Waals surface area contributed by atoms with Crippen molar-refractivity contribution in [1.82, 2.24) is 4.90 Å². The number of carbonyl (C=O) groups is 1. The number of rotatable bonds is 4. The lowest BCUT2D eigenvalue weighted by Gasteiger charge is -2.33. The standard InChI is InChI=1S/C13H25NO2/c1-10(2)9-13(15)14-7-5-12(6-8-14)16-11(3)4/h10-12H,5-9H2,1-4H3. The van der Waals surface area contributed by atoms with Crippen LogP contribution in [-0.4, -0.2) is 36.1 Å². The summed E-state index contributed by atoms with van der Waals surface area (Å²) in [7, 11) is 0. The minimum absolute atomic E-state index is 0.294. The zero-order valence-electron chi connectivity index (χ0n) is 11.0. The Morgan fingerprint density at radius 1 is 1.25 bits per heavy atom. The summed E-state index contributed by atoms with van der Waals surface area (Å²) in [4.78, 5) is 13.8. The summed E-state index contributed by atoms with van der Waals surface area (Å²) < 4.78 is 5.76. The molecule has 0 unspecified atom stereocenters. The maximum Gasteiger partial charge on any atom is 0.222 e. The molecule has 3 heteroatoms. The van der Waals surface area contributed by atoms with Gasteiger partial charge in [-0.2, -0.15) is 0 Å². The summed E-state index contributed by atoms with van der Waals surface area (Å²) >= 11 is 0. The van der Waals surface area contributed by atoms with Crippen LogP contribution in [0.4, 0.5) is 0 Å². The molecule has 1 rings (SSSR count). The van der Waals surface area contributed by atoms with Gasteiger partial charge in [0.15, 0.2) is 0 Å². The molecule has 16 heavy (non-hydrogen) atoms. The van der Waals surface area contributed by atoms with Gasteiger partial charge < -0.3 is 9.64 Å². The summed E-state index contributed by atoms with van der Waals surface area (Å²) in [5.74, 6) is 0.759. The summed E-state index contributed by atoms with van der Waals surface area (Å²) in [6.45, 7) is 10.0. The van der Waals surface area contributed by atoms with Crippen molar-refractivity contribution in [3.05, 3.63) is 0 Å². The first-order valence-corrected chi connectivity index (χ1v) is 6.42. The largest absolute Gasteiger partial charge is 0.375 e. The van der Waals surface area contributed by atoms with E-state index in [0.717, 1.165) is 25.9 Å². The van der Waals surface area contributed by atoms with E-state index in [2.05, 4.69) is 27.7 Å². The van der Waals surface area contributed by atoms with Crippen LogP contribution in [0.3, 0.4) is 0 Å². The van der Waals surface area contributed by atoms with Crippen molar-refractivity contribution in [2.75, 3.05) is 13.1 Å². The molecule has 1 fully saturated rings. The third-order valence-corrected chi connectivity index (χ3v) is 2.84. The molecule has 3 nitrogen and oxygen atoms in total. The molecule has 0 aromatic rings. The van der Waals surface area contributed by atoms with E-state index in [4.69, 9.17) is 4.74 Å². The second-order valence-electron chi connectivity index (χ2n) is 5.36. The Morgan fingerprint density at radius 3 is 2.25 bits per heavy atom. The van der Waals surface area contributed by atoms with E-state index in [1.807, 2.05) is 4.90 Å². The van der Waals surface area contributed by atoms with Gasteiger partial charge in [0.1, 0.15) is 0 Å². The SMILES string of the molecule is CC(C)CC(=O)N1CCC(OC(C)C)CC1. The van der Waals surface area contributed by atoms with Crippen molar-refractivity contribution < 1.29 is 9.53 Å². The molecule has 94 valence electrons. The molecule has 1 saturated heterocycles. The third-order valence-electron chi connectivity index (χ3n) is 2.84. The Hall–Kier alpha value is -0.570. The normalized spacial score (nSPS) is 18.5. The molecular formula is C13H25NO2. The summed E-state index contributed by atoms with van der Waals surface area (Å²) in [6, 6.07) is 0. The number of ether oxygens (including phenoxy) is 1. The predicted molar refractivity (Wildman–Crippen MR) is 65.3 cm³/mol. The van der Waals surface area contributed by atoms with E-state index in [9.17, 15) is 4.79 Å². The lowest BCUT2D eigenvalue weighted by molar-refractivity contribution is -0.135. The Balaban J connectivity index is 2.28. The molecule has 0 radical (unpaired) electrons. The average Bonchev–Trinajstić information content (AvgIpc) is 2.16. The molecule has 0 aliphatic carbocycles. The van der Waals surface area contributed by atoms with Crippen LogP contribution in [0.1, 0.15) is 47.0 Å². The second-order valence-corrected chi connectivity index (χ2v) is 5.36. The monoisotopic (exact) mass is 227 g/mol. The number of hydrogen-bond acceptors (Lipinski definition) is 2. The first kappa shape index (κ1) is 13.5. The van der Waals surface area contributed by atoms with Crippen LogP contribution >= 0.6 is 0 Å². The quantitative estimate of drug-likeness (QED) is 0.738. The fourth-order valence-electron chi connectivity index (χ4n) is 2.10. The van der Waals surface area contributed by atoms with Gasteiger partial charge in [-0.15, -0.1) is 0 Å². The number of carbonyl (C=O) groups excluding carboxylic acids is 1. The summed E-state index contributed by atoms with van der Waals surface area (Å²) in [5.41, 5.74) is 0. The van der Waals surface area contributed by atoms with Gasteiger partial charge in [-0.3, -0.25) is 4.79 Å². The lowest BCUT2D eigenvalue weighted by atomic mass is 10.0. The molecule has 0 atom stereocenters. The Labute approximate surface area is 99.1 Å². The molecule has 0 aromatic heterocycles. The van der Waals surface area contributed by atoms with Gasteiger partial charge in [0.25, 0.3) is 0 Å². The first-order chi connectivity index (χ1) is 7.49. The van der Waals surface area contributed by atoms with E-state index >= 15 is 0 Å². The molecule has 1 aliphatic rings. The number of likely N-dealkylation sites (tertiary alicyclic amines) is 1. The predicted octanol–water partition coefficient (Wildman–Crippen LogP) is 2.45. The van der Waals surface area contributed by atoms with E-state index in [1.165, 1.54) is 0 Å². The van der Waals surface area contributed by atoms with Gasteiger partial charge in [-0.1, -0.05) is 13.8 Å². The van der Waals surface area contributed by atoms with Crippen LogP contribution in [0.25, 0.3) is 0 Å². The smallest absolute Gasteiger partial charge is 0.222 e. The van der Waals surface area contributed by atoms with E-state index in [-0.39, 0.29) is 0 Å². The molecule has 1 aliphatic heterocycles. The van der Waals surface area contributed by atoms with Crippen LogP contribution in [0.15, 0.2) is 0 Å².